The summed E-state index contributed by atoms with van der Waals surface area (Å²) in [6.07, 6.45) is 3.92. The molecule has 4 heterocycles. The highest BCUT2D eigenvalue weighted by Gasteiger charge is 2.25. The van der Waals surface area contributed by atoms with Crippen molar-refractivity contribution in [2.24, 2.45) is 0 Å². The molecule has 0 saturated heterocycles. The van der Waals surface area contributed by atoms with Crippen molar-refractivity contribution >= 4 is 60.3 Å². The van der Waals surface area contributed by atoms with Gasteiger partial charge in [-0.05, 0) is 146 Å². The van der Waals surface area contributed by atoms with E-state index in [0.717, 1.165) is 45.2 Å². The number of hydrogen-bond acceptors (Lipinski definition) is 4. The van der Waals surface area contributed by atoms with Crippen LogP contribution in [0.1, 0.15) is 31.9 Å². The highest BCUT2D eigenvalue weighted by atomic mass is 32.1. The third-order valence-electron chi connectivity index (χ3n) is 14.2. The van der Waals surface area contributed by atoms with Crippen molar-refractivity contribution < 1.29 is 0 Å². The molecule has 0 spiro atoms. The number of para-hydroxylation sites is 2. The van der Waals surface area contributed by atoms with Gasteiger partial charge in [-0.2, -0.15) is 0 Å². The third kappa shape index (κ3) is 6.80. The van der Waals surface area contributed by atoms with Gasteiger partial charge in [0.15, 0.2) is 0 Å². The number of pyridine rings is 2. The van der Waals surface area contributed by atoms with Crippen LogP contribution in [0.5, 0.6) is 0 Å². The smallest absolute Gasteiger partial charge is 0.137 e. The Labute approximate surface area is 412 Å². The van der Waals surface area contributed by atoms with Crippen molar-refractivity contribution in [1.29, 1.82) is 0 Å². The van der Waals surface area contributed by atoms with Gasteiger partial charge in [0.2, 0.25) is 0 Å². The van der Waals surface area contributed by atoms with Gasteiger partial charge >= 0.3 is 0 Å². The first-order chi connectivity index (χ1) is 34.3. The van der Waals surface area contributed by atoms with E-state index in [1.807, 2.05) is 23.7 Å². The second-order valence-corrected chi connectivity index (χ2v) is 20.4. The fourth-order valence-electron chi connectivity index (χ4n) is 10.8. The Balaban J connectivity index is 0.943. The molecule has 4 nitrogen and oxygen atoms in total. The molecule has 0 radical (unpaired) electrons. The van der Waals surface area contributed by atoms with Crippen LogP contribution in [0.15, 0.2) is 219 Å². The van der Waals surface area contributed by atoms with Crippen LogP contribution in [0.4, 0.5) is 17.1 Å². The summed E-state index contributed by atoms with van der Waals surface area (Å²) in [7, 11) is 0. The van der Waals surface area contributed by atoms with Crippen molar-refractivity contribution in [1.82, 2.24) is 14.5 Å². The average Bonchev–Trinajstić information content (AvgIpc) is 3.92. The lowest BCUT2D eigenvalue weighted by Gasteiger charge is -2.26. The van der Waals surface area contributed by atoms with Crippen LogP contribution < -0.4 is 4.90 Å². The van der Waals surface area contributed by atoms with Crippen LogP contribution in [-0.4, -0.2) is 14.5 Å². The lowest BCUT2D eigenvalue weighted by atomic mass is 9.80. The van der Waals surface area contributed by atoms with E-state index in [1.165, 1.54) is 86.9 Å². The van der Waals surface area contributed by atoms with Gasteiger partial charge < -0.3 is 4.90 Å². The molecule has 70 heavy (non-hydrogen) atoms. The number of benzene rings is 8. The van der Waals surface area contributed by atoms with Crippen LogP contribution in [0.3, 0.4) is 0 Å². The number of aryl methyl sites for hydroxylation is 1. The molecule has 12 aromatic rings. The predicted molar refractivity (Wildman–Crippen MR) is 296 cm³/mol. The van der Waals surface area contributed by atoms with Gasteiger partial charge in [0, 0.05) is 50.7 Å². The van der Waals surface area contributed by atoms with Crippen molar-refractivity contribution in [3.8, 4) is 72.0 Å². The summed E-state index contributed by atoms with van der Waals surface area (Å²) in [6.45, 7) is 9.04. The number of anilines is 3. The molecule has 334 valence electrons. The summed E-state index contributed by atoms with van der Waals surface area (Å²) in [4.78, 5) is 13.8. The van der Waals surface area contributed by atoms with Crippen molar-refractivity contribution in [3.63, 3.8) is 0 Å². The Morgan fingerprint density at radius 2 is 1.01 bits per heavy atom. The average molecular weight is 917 g/mol. The van der Waals surface area contributed by atoms with Crippen molar-refractivity contribution in [2.45, 2.75) is 33.1 Å². The lowest BCUT2D eigenvalue weighted by molar-refractivity contribution is 0.588. The molecule has 0 fully saturated rings. The maximum absolute atomic E-state index is 5.16. The van der Waals surface area contributed by atoms with Gasteiger partial charge in [-0.15, -0.1) is 11.3 Å². The van der Waals surface area contributed by atoms with E-state index < -0.39 is 0 Å². The maximum atomic E-state index is 5.16. The van der Waals surface area contributed by atoms with E-state index in [1.54, 1.807) is 0 Å². The molecule has 0 bridgehead atoms. The minimum Gasteiger partial charge on any atom is -0.310 e. The molecule has 4 aromatic heterocycles. The van der Waals surface area contributed by atoms with E-state index in [0.29, 0.717) is 0 Å². The minimum atomic E-state index is -0.0200. The van der Waals surface area contributed by atoms with Crippen LogP contribution in [0.25, 0.3) is 104 Å². The maximum Gasteiger partial charge on any atom is 0.137 e. The number of fused-ring (bicyclic) bond motifs is 12. The molecule has 0 saturated carbocycles. The summed E-state index contributed by atoms with van der Waals surface area (Å²) in [5.41, 5.74) is 21.2. The molecule has 1 aliphatic rings. The molecule has 0 N–H and O–H groups in total. The number of nitrogens with zero attached hydrogens (tertiary/aromatic N) is 4. The molecule has 0 amide bonds. The highest BCUT2D eigenvalue weighted by molar-refractivity contribution is 7.23. The first-order valence-electron chi connectivity index (χ1n) is 24.1. The van der Waals surface area contributed by atoms with E-state index in [4.69, 9.17) is 9.97 Å². The summed E-state index contributed by atoms with van der Waals surface area (Å²) in [6, 6.07) is 75.3. The van der Waals surface area contributed by atoms with Crippen LogP contribution in [0, 0.1) is 6.92 Å². The summed E-state index contributed by atoms with van der Waals surface area (Å²) < 4.78 is 3.51. The standard InChI is InChI=1S/C65H48N4S/c1-41-48-34-36-67-62(64(48)70-63(41)43-29-31-55-53-25-11-10-23-51(53)49-21-8-9-22-50(49)52-24-12-13-26-54(52)58(55)38-43)42-17-16-20-46(37-42)68(45-18-6-5-7-19-45)47-30-32-57-56-27-14-15-28-59(56)69(60(57)40-47)61-39-44(33-35-66-61)65(2,3)4/h5-40H,1-4H3. The first-order valence-corrected chi connectivity index (χ1v) is 24.9. The second-order valence-electron chi connectivity index (χ2n) is 19.4. The molecule has 0 unspecified atom stereocenters. The Hall–Kier alpha value is -8.38. The molecule has 5 heteroatoms. The zero-order chi connectivity index (χ0) is 47.1. The van der Waals surface area contributed by atoms with Crippen molar-refractivity contribution in [2.75, 3.05) is 4.90 Å². The van der Waals surface area contributed by atoms with Crippen molar-refractivity contribution in [3.05, 3.63) is 230 Å². The van der Waals surface area contributed by atoms with E-state index in [2.05, 4.69) is 243 Å². The Kier molecular flexibility index (Phi) is 9.79. The van der Waals surface area contributed by atoms with Gasteiger partial charge in [-0.3, -0.25) is 9.55 Å². The van der Waals surface area contributed by atoms with Gasteiger partial charge in [-0.1, -0.05) is 160 Å². The minimum absolute atomic E-state index is 0.0200. The number of hydrogen-bond donors (Lipinski definition) is 0. The fourth-order valence-corrected chi connectivity index (χ4v) is 12.1. The molecule has 1 aliphatic carbocycles. The molecule has 0 aliphatic heterocycles. The number of rotatable bonds is 6. The highest BCUT2D eigenvalue weighted by Crippen LogP contribution is 2.50. The van der Waals surface area contributed by atoms with Crippen LogP contribution in [-0.2, 0) is 5.41 Å². The van der Waals surface area contributed by atoms with Gasteiger partial charge in [0.05, 0.1) is 21.4 Å². The van der Waals surface area contributed by atoms with E-state index in [-0.39, 0.29) is 5.41 Å². The quantitative estimate of drug-likeness (QED) is 0.167. The van der Waals surface area contributed by atoms with E-state index >= 15 is 0 Å². The molecule has 0 atom stereocenters. The van der Waals surface area contributed by atoms with Gasteiger partial charge in [-0.25, -0.2) is 4.98 Å². The van der Waals surface area contributed by atoms with Gasteiger partial charge in [0.1, 0.15) is 5.82 Å². The van der Waals surface area contributed by atoms with E-state index in [9.17, 15) is 0 Å². The summed E-state index contributed by atoms with van der Waals surface area (Å²) >= 11 is 1.84. The lowest BCUT2D eigenvalue weighted by Crippen LogP contribution is -2.12. The monoisotopic (exact) mass is 916 g/mol. The summed E-state index contributed by atoms with van der Waals surface area (Å²) in [5, 5.41) is 3.62. The Morgan fingerprint density at radius 3 is 1.71 bits per heavy atom. The molecule has 8 aromatic carbocycles. The second kappa shape index (κ2) is 16.4. The number of aromatic nitrogens is 3. The molecule has 13 rings (SSSR count). The fraction of sp³-hybridized carbons (Fsp3) is 0.0769. The predicted octanol–water partition coefficient (Wildman–Crippen LogP) is 18.2. The topological polar surface area (TPSA) is 34.0 Å². The normalized spacial score (nSPS) is 12.0. The summed E-state index contributed by atoms with van der Waals surface area (Å²) in [5.74, 6) is 0.913. The van der Waals surface area contributed by atoms with Crippen LogP contribution >= 0.6 is 11.3 Å². The van der Waals surface area contributed by atoms with Crippen LogP contribution in [0.2, 0.25) is 0 Å². The zero-order valence-corrected chi connectivity index (χ0v) is 40.3. The Bertz CT molecular complexity index is 4010. The first kappa shape index (κ1) is 41.8. The number of thiophene rings is 1. The zero-order valence-electron chi connectivity index (χ0n) is 39.5. The molecular weight excluding hydrogens is 869 g/mol. The molecular formula is C65H48N4S. The largest absolute Gasteiger partial charge is 0.310 e. The van der Waals surface area contributed by atoms with Gasteiger partial charge in [0.25, 0.3) is 0 Å². The third-order valence-corrected chi connectivity index (χ3v) is 15.6. The SMILES string of the molecule is Cc1c(-c2ccc3c(c2)-c2ccccc2-c2ccccc2-c2ccccc2-3)sc2c(-c3cccc(N(c4ccccc4)c4ccc5c6ccccc6n(-c6cc(C(C)(C)C)ccn6)c5c4)c3)nccc12. The Morgan fingerprint density at radius 1 is 0.429 bits per heavy atom.